The Hall–Kier alpha value is -2.61. The first-order chi connectivity index (χ1) is 9.83. The zero-order chi connectivity index (χ0) is 13.5. The van der Waals surface area contributed by atoms with Crippen LogP contribution in [0.25, 0.3) is 33.1 Å². The van der Waals surface area contributed by atoms with Crippen molar-refractivity contribution in [2.45, 2.75) is 6.92 Å². The summed E-state index contributed by atoms with van der Waals surface area (Å²) in [6, 6.07) is 18.4. The van der Waals surface area contributed by atoms with Crippen molar-refractivity contribution in [2.24, 2.45) is 0 Å². The normalized spacial score (nSPS) is 11.2. The Labute approximate surface area is 116 Å². The first-order valence-electron chi connectivity index (χ1n) is 6.66. The number of pyridine rings is 1. The van der Waals surface area contributed by atoms with E-state index in [1.54, 1.807) is 6.26 Å². The Morgan fingerprint density at radius 3 is 2.55 bits per heavy atom. The number of aryl methyl sites for hydroxylation is 1. The summed E-state index contributed by atoms with van der Waals surface area (Å²) in [6.45, 7) is 2.12. The van der Waals surface area contributed by atoms with E-state index in [2.05, 4.69) is 25.1 Å². The molecular weight excluding hydrogens is 246 g/mol. The average Bonchev–Trinajstić information content (AvgIpc) is 2.91. The maximum absolute atomic E-state index is 5.62. The van der Waals surface area contributed by atoms with Gasteiger partial charge in [0.05, 0.1) is 11.2 Å². The van der Waals surface area contributed by atoms with Gasteiger partial charge in [0.2, 0.25) is 0 Å². The molecule has 0 aliphatic heterocycles. The molecule has 2 aromatic carbocycles. The Bertz CT molecular complexity index is 921. The van der Waals surface area contributed by atoms with Crippen molar-refractivity contribution >= 4 is 21.9 Å². The largest absolute Gasteiger partial charge is 0.464 e. The van der Waals surface area contributed by atoms with Crippen LogP contribution in [0.4, 0.5) is 0 Å². The topological polar surface area (TPSA) is 26.0 Å². The number of nitrogens with zero attached hydrogens (tertiary/aromatic N) is 1. The molecule has 0 radical (unpaired) electrons. The second kappa shape index (κ2) is 4.20. The molecule has 4 aromatic rings. The second-order valence-electron chi connectivity index (χ2n) is 4.99. The van der Waals surface area contributed by atoms with E-state index < -0.39 is 0 Å². The molecule has 0 unspecified atom stereocenters. The van der Waals surface area contributed by atoms with Gasteiger partial charge < -0.3 is 4.42 Å². The van der Waals surface area contributed by atoms with Crippen molar-refractivity contribution in [3.8, 4) is 11.3 Å². The van der Waals surface area contributed by atoms with Gasteiger partial charge in [0.15, 0.2) is 0 Å². The third-order valence-electron chi connectivity index (χ3n) is 3.68. The summed E-state index contributed by atoms with van der Waals surface area (Å²) in [4.78, 5) is 4.77. The lowest BCUT2D eigenvalue weighted by molar-refractivity contribution is 0.617. The van der Waals surface area contributed by atoms with Crippen LogP contribution in [0.2, 0.25) is 0 Å². The number of aromatic nitrogens is 1. The van der Waals surface area contributed by atoms with Gasteiger partial charge in [-0.2, -0.15) is 0 Å². The fraction of sp³-hybridized carbons (Fsp3) is 0.0556. The summed E-state index contributed by atoms with van der Waals surface area (Å²) in [5, 5.41) is 2.30. The van der Waals surface area contributed by atoms with Gasteiger partial charge >= 0.3 is 0 Å². The second-order valence-corrected chi connectivity index (χ2v) is 4.99. The minimum atomic E-state index is 0.898. The number of furan rings is 1. The van der Waals surface area contributed by atoms with Crippen LogP contribution in [0.5, 0.6) is 0 Å². The Balaban J connectivity index is 2.03. The molecule has 0 spiro atoms. The maximum Gasteiger partial charge on any atom is 0.134 e. The monoisotopic (exact) mass is 259 g/mol. The van der Waals surface area contributed by atoms with Crippen LogP contribution in [0.1, 0.15) is 5.56 Å². The minimum absolute atomic E-state index is 0.898. The molecule has 0 aliphatic carbocycles. The molecule has 0 saturated heterocycles. The van der Waals surface area contributed by atoms with Crippen LogP contribution in [-0.4, -0.2) is 4.98 Å². The van der Waals surface area contributed by atoms with Gasteiger partial charge in [-0.1, -0.05) is 36.4 Å². The molecule has 2 nitrogen and oxygen atoms in total. The molecule has 0 N–H and O–H groups in total. The predicted molar refractivity (Wildman–Crippen MR) is 81.7 cm³/mol. The van der Waals surface area contributed by atoms with Crippen molar-refractivity contribution < 1.29 is 4.42 Å². The highest BCUT2D eigenvalue weighted by atomic mass is 16.3. The van der Waals surface area contributed by atoms with E-state index in [9.17, 15) is 0 Å². The zero-order valence-corrected chi connectivity index (χ0v) is 11.1. The Morgan fingerprint density at radius 2 is 1.65 bits per heavy atom. The van der Waals surface area contributed by atoms with E-state index in [1.165, 1.54) is 10.9 Å². The molecule has 2 aromatic heterocycles. The van der Waals surface area contributed by atoms with Gasteiger partial charge in [-0.25, -0.2) is 4.98 Å². The van der Waals surface area contributed by atoms with E-state index in [-0.39, 0.29) is 0 Å². The van der Waals surface area contributed by atoms with E-state index >= 15 is 0 Å². The number of para-hydroxylation sites is 2. The van der Waals surface area contributed by atoms with E-state index in [1.807, 2.05) is 36.4 Å². The van der Waals surface area contributed by atoms with Gasteiger partial charge in [0, 0.05) is 16.3 Å². The van der Waals surface area contributed by atoms with Gasteiger partial charge in [0.25, 0.3) is 0 Å². The van der Waals surface area contributed by atoms with Crippen molar-refractivity contribution in [1.82, 2.24) is 4.98 Å². The van der Waals surface area contributed by atoms with Crippen LogP contribution in [0.15, 0.2) is 65.3 Å². The third-order valence-corrected chi connectivity index (χ3v) is 3.68. The molecule has 4 rings (SSSR count). The number of hydrogen-bond donors (Lipinski definition) is 0. The lowest BCUT2D eigenvalue weighted by Gasteiger charge is -2.05. The first-order valence-corrected chi connectivity index (χ1v) is 6.66. The highest BCUT2D eigenvalue weighted by molar-refractivity contribution is 5.95. The van der Waals surface area contributed by atoms with Gasteiger partial charge in [-0.05, 0) is 30.7 Å². The molecule has 0 bridgehead atoms. The molecular formula is C18H13NO. The molecule has 0 amide bonds. The van der Waals surface area contributed by atoms with Gasteiger partial charge in [-0.3, -0.25) is 0 Å². The molecule has 0 aliphatic rings. The third kappa shape index (κ3) is 1.62. The number of rotatable bonds is 1. The standard InChI is InChI=1S/C18H13NO/c1-12-10-17(19-16-8-4-2-6-13(12)16)15-11-20-18-9-5-3-7-14(15)18/h2-11H,1H3. The van der Waals surface area contributed by atoms with Crippen molar-refractivity contribution in [3.63, 3.8) is 0 Å². The number of hydrogen-bond acceptors (Lipinski definition) is 2. The molecule has 0 atom stereocenters. The fourth-order valence-electron chi connectivity index (χ4n) is 2.66. The summed E-state index contributed by atoms with van der Waals surface area (Å²) < 4.78 is 5.62. The smallest absolute Gasteiger partial charge is 0.134 e. The summed E-state index contributed by atoms with van der Waals surface area (Å²) in [5.74, 6) is 0. The van der Waals surface area contributed by atoms with Crippen molar-refractivity contribution in [1.29, 1.82) is 0 Å². The van der Waals surface area contributed by atoms with Crippen LogP contribution in [0, 0.1) is 6.92 Å². The van der Waals surface area contributed by atoms with E-state index in [4.69, 9.17) is 9.40 Å². The Morgan fingerprint density at radius 1 is 0.900 bits per heavy atom. The fourth-order valence-corrected chi connectivity index (χ4v) is 2.66. The van der Waals surface area contributed by atoms with Crippen LogP contribution < -0.4 is 0 Å². The lowest BCUT2D eigenvalue weighted by atomic mass is 10.0. The summed E-state index contributed by atoms with van der Waals surface area (Å²) in [6.07, 6.45) is 1.79. The van der Waals surface area contributed by atoms with Crippen molar-refractivity contribution in [3.05, 3.63) is 66.4 Å². The van der Waals surface area contributed by atoms with Crippen LogP contribution in [0.3, 0.4) is 0 Å². The molecule has 2 heteroatoms. The minimum Gasteiger partial charge on any atom is -0.464 e. The SMILES string of the molecule is Cc1cc(-c2coc3ccccc23)nc2ccccc12. The maximum atomic E-state index is 5.62. The van der Waals surface area contributed by atoms with E-state index in [0.29, 0.717) is 0 Å². The lowest BCUT2D eigenvalue weighted by Crippen LogP contribution is -1.87. The van der Waals surface area contributed by atoms with Gasteiger partial charge in [0.1, 0.15) is 11.8 Å². The van der Waals surface area contributed by atoms with Crippen LogP contribution >= 0.6 is 0 Å². The Kier molecular flexibility index (Phi) is 2.36. The molecule has 0 fully saturated rings. The number of benzene rings is 2. The summed E-state index contributed by atoms with van der Waals surface area (Å²) in [7, 11) is 0. The van der Waals surface area contributed by atoms with Gasteiger partial charge in [-0.15, -0.1) is 0 Å². The molecule has 96 valence electrons. The zero-order valence-electron chi connectivity index (χ0n) is 11.1. The predicted octanol–water partition coefficient (Wildman–Crippen LogP) is 4.96. The highest BCUT2D eigenvalue weighted by Crippen LogP contribution is 2.31. The highest BCUT2D eigenvalue weighted by Gasteiger charge is 2.10. The summed E-state index contributed by atoms with van der Waals surface area (Å²) >= 11 is 0. The summed E-state index contributed by atoms with van der Waals surface area (Å²) in [5.41, 5.74) is 5.17. The average molecular weight is 259 g/mol. The first kappa shape index (κ1) is 11.2. The molecule has 20 heavy (non-hydrogen) atoms. The van der Waals surface area contributed by atoms with E-state index in [0.717, 1.165) is 27.7 Å². The van der Waals surface area contributed by atoms with Crippen LogP contribution in [-0.2, 0) is 0 Å². The molecule has 0 saturated carbocycles. The quantitative estimate of drug-likeness (QED) is 0.483. The number of fused-ring (bicyclic) bond motifs is 2. The molecule has 2 heterocycles. The van der Waals surface area contributed by atoms with Crippen molar-refractivity contribution in [2.75, 3.05) is 0 Å².